The van der Waals surface area contributed by atoms with Gasteiger partial charge in [-0.25, -0.2) is 0 Å². The molecule has 0 saturated heterocycles. The van der Waals surface area contributed by atoms with E-state index in [0.717, 1.165) is 30.6 Å². The van der Waals surface area contributed by atoms with Gasteiger partial charge in [0.25, 0.3) is 0 Å². The van der Waals surface area contributed by atoms with Crippen LogP contribution in [-0.4, -0.2) is 38.1 Å². The molecule has 2 aromatic carbocycles. The molecule has 0 atom stereocenters. The van der Waals surface area contributed by atoms with Crippen LogP contribution in [0.3, 0.4) is 0 Å². The highest BCUT2D eigenvalue weighted by Gasteiger charge is 2.32. The summed E-state index contributed by atoms with van der Waals surface area (Å²) in [5.74, 6) is 0.902. The molecule has 0 saturated carbocycles. The predicted molar refractivity (Wildman–Crippen MR) is 101 cm³/mol. The molecule has 6 nitrogen and oxygen atoms in total. The summed E-state index contributed by atoms with van der Waals surface area (Å²) in [6.45, 7) is 3.47. The molecule has 0 aliphatic carbocycles. The van der Waals surface area contributed by atoms with Crippen molar-refractivity contribution in [2.75, 3.05) is 32.8 Å². The molecule has 6 heteroatoms. The minimum atomic E-state index is -0.0400. The van der Waals surface area contributed by atoms with E-state index in [1.54, 1.807) is 7.11 Å². The molecule has 0 aromatic heterocycles. The number of hydrogen-bond donors (Lipinski definition) is 2. The standard InChI is InChI=1S/C20H25NO5/c1-5-6-9-21-11-14-16(13-10-12(24-2)7-8-15(13)21)18(23)20(26-4)19(25-3)17(14)22/h7-8,10,22-23H,5-6,9,11H2,1-4H3. The van der Waals surface area contributed by atoms with Gasteiger partial charge < -0.3 is 29.3 Å². The Balaban J connectivity index is 2.29. The van der Waals surface area contributed by atoms with E-state index < -0.39 is 0 Å². The Morgan fingerprint density at radius 2 is 1.69 bits per heavy atom. The van der Waals surface area contributed by atoms with Gasteiger partial charge in [-0.3, -0.25) is 0 Å². The number of phenols is 2. The summed E-state index contributed by atoms with van der Waals surface area (Å²) in [5.41, 5.74) is 2.97. The average Bonchev–Trinajstić information content (AvgIpc) is 2.67. The molecule has 0 radical (unpaired) electrons. The molecule has 0 fully saturated rings. The maximum absolute atomic E-state index is 10.9. The molecule has 0 spiro atoms. The van der Waals surface area contributed by atoms with E-state index in [0.29, 0.717) is 23.4 Å². The molecule has 140 valence electrons. The fourth-order valence-electron chi connectivity index (χ4n) is 3.49. The van der Waals surface area contributed by atoms with Crippen LogP contribution in [-0.2, 0) is 6.54 Å². The normalized spacial score (nSPS) is 12.4. The quantitative estimate of drug-likeness (QED) is 0.762. The van der Waals surface area contributed by atoms with Gasteiger partial charge in [0.2, 0.25) is 11.5 Å². The highest BCUT2D eigenvalue weighted by Crippen LogP contribution is 2.56. The zero-order chi connectivity index (χ0) is 18.8. The average molecular weight is 359 g/mol. The third-order valence-corrected chi connectivity index (χ3v) is 4.81. The lowest BCUT2D eigenvalue weighted by atomic mass is 9.90. The van der Waals surface area contributed by atoms with Crippen molar-refractivity contribution >= 4 is 5.69 Å². The molecular formula is C20H25NO5. The third-order valence-electron chi connectivity index (χ3n) is 4.81. The zero-order valence-electron chi connectivity index (χ0n) is 15.6. The molecule has 1 heterocycles. The summed E-state index contributed by atoms with van der Waals surface area (Å²) < 4.78 is 15.9. The van der Waals surface area contributed by atoms with Gasteiger partial charge >= 0.3 is 0 Å². The van der Waals surface area contributed by atoms with E-state index in [2.05, 4.69) is 11.8 Å². The number of phenolic OH excluding ortho intramolecular Hbond substituents is 2. The Morgan fingerprint density at radius 3 is 2.31 bits per heavy atom. The molecule has 2 aromatic rings. The van der Waals surface area contributed by atoms with E-state index in [1.807, 2.05) is 18.2 Å². The van der Waals surface area contributed by atoms with E-state index >= 15 is 0 Å². The van der Waals surface area contributed by atoms with Crippen LogP contribution in [0.4, 0.5) is 5.69 Å². The fraction of sp³-hybridized carbons (Fsp3) is 0.400. The first-order valence-electron chi connectivity index (χ1n) is 8.69. The van der Waals surface area contributed by atoms with Gasteiger partial charge in [-0.2, -0.15) is 0 Å². The van der Waals surface area contributed by atoms with Gasteiger partial charge in [-0.1, -0.05) is 13.3 Å². The minimum absolute atomic E-state index is 0.00730. The molecule has 1 aliphatic heterocycles. The zero-order valence-corrected chi connectivity index (χ0v) is 15.6. The van der Waals surface area contributed by atoms with Crippen LogP contribution in [0.2, 0.25) is 0 Å². The topological polar surface area (TPSA) is 71.4 Å². The van der Waals surface area contributed by atoms with Crippen molar-refractivity contribution in [2.45, 2.75) is 26.3 Å². The fourth-order valence-corrected chi connectivity index (χ4v) is 3.49. The lowest BCUT2D eigenvalue weighted by molar-refractivity contribution is 0.315. The van der Waals surface area contributed by atoms with E-state index in [4.69, 9.17) is 14.2 Å². The van der Waals surface area contributed by atoms with Crippen molar-refractivity contribution in [1.29, 1.82) is 0 Å². The van der Waals surface area contributed by atoms with Crippen molar-refractivity contribution in [1.82, 2.24) is 0 Å². The van der Waals surface area contributed by atoms with Crippen LogP contribution in [0.5, 0.6) is 28.7 Å². The van der Waals surface area contributed by atoms with Gasteiger partial charge in [0.1, 0.15) is 5.75 Å². The summed E-state index contributed by atoms with van der Waals surface area (Å²) >= 11 is 0. The van der Waals surface area contributed by atoms with Gasteiger partial charge in [0.15, 0.2) is 11.5 Å². The Labute approximate surface area is 153 Å². The smallest absolute Gasteiger partial charge is 0.207 e. The highest BCUT2D eigenvalue weighted by molar-refractivity contribution is 5.92. The number of ether oxygens (including phenoxy) is 3. The molecule has 0 bridgehead atoms. The number of rotatable bonds is 6. The summed E-state index contributed by atoms with van der Waals surface area (Å²) in [6.07, 6.45) is 2.10. The van der Waals surface area contributed by atoms with Crippen LogP contribution in [0.1, 0.15) is 25.3 Å². The molecular weight excluding hydrogens is 334 g/mol. The second kappa shape index (κ2) is 7.23. The third kappa shape index (κ3) is 2.75. The Morgan fingerprint density at radius 1 is 1.00 bits per heavy atom. The summed E-state index contributed by atoms with van der Waals surface area (Å²) in [5, 5.41) is 21.7. The number of nitrogens with zero attached hydrogens (tertiary/aromatic N) is 1. The molecule has 2 N–H and O–H groups in total. The molecule has 0 amide bonds. The molecule has 1 aliphatic rings. The van der Waals surface area contributed by atoms with Crippen molar-refractivity contribution in [3.05, 3.63) is 23.8 Å². The molecule has 0 unspecified atom stereocenters. The van der Waals surface area contributed by atoms with Gasteiger partial charge in [0, 0.05) is 35.5 Å². The minimum Gasteiger partial charge on any atom is -0.504 e. The lowest BCUT2D eigenvalue weighted by Crippen LogP contribution is -2.27. The Kier molecular flexibility index (Phi) is 5.02. The number of fused-ring (bicyclic) bond motifs is 3. The SMILES string of the molecule is CCCCN1Cc2c(O)c(OC)c(OC)c(O)c2-c2cc(OC)ccc21. The second-order valence-corrected chi connectivity index (χ2v) is 6.28. The number of unbranched alkanes of at least 4 members (excludes halogenated alkanes) is 1. The number of benzene rings is 2. The number of methoxy groups -OCH3 is 3. The first kappa shape index (κ1) is 18.0. The first-order valence-corrected chi connectivity index (χ1v) is 8.69. The van der Waals surface area contributed by atoms with Gasteiger partial charge in [-0.05, 0) is 24.6 Å². The highest BCUT2D eigenvalue weighted by atomic mass is 16.5. The van der Waals surface area contributed by atoms with Crippen molar-refractivity contribution in [2.24, 2.45) is 0 Å². The van der Waals surface area contributed by atoms with Crippen LogP contribution < -0.4 is 19.1 Å². The lowest BCUT2D eigenvalue weighted by Gasteiger charge is -2.34. The molecule has 3 rings (SSSR count). The van der Waals surface area contributed by atoms with Crippen molar-refractivity contribution in [3.63, 3.8) is 0 Å². The predicted octanol–water partition coefficient (Wildman–Crippen LogP) is 3.91. The van der Waals surface area contributed by atoms with Gasteiger partial charge in [0.05, 0.1) is 21.3 Å². The summed E-state index contributed by atoms with van der Waals surface area (Å²) in [6, 6.07) is 5.76. The summed E-state index contributed by atoms with van der Waals surface area (Å²) in [4.78, 5) is 2.20. The number of anilines is 1. The molecule has 26 heavy (non-hydrogen) atoms. The number of aromatic hydroxyl groups is 2. The van der Waals surface area contributed by atoms with Crippen molar-refractivity contribution < 1.29 is 24.4 Å². The number of hydrogen-bond acceptors (Lipinski definition) is 6. The summed E-state index contributed by atoms with van der Waals surface area (Å²) in [7, 11) is 4.48. The van der Waals surface area contributed by atoms with Crippen LogP contribution >= 0.6 is 0 Å². The second-order valence-electron chi connectivity index (χ2n) is 6.28. The van der Waals surface area contributed by atoms with Crippen LogP contribution in [0.25, 0.3) is 11.1 Å². The Bertz CT molecular complexity index is 819. The van der Waals surface area contributed by atoms with E-state index in [9.17, 15) is 10.2 Å². The van der Waals surface area contributed by atoms with Gasteiger partial charge in [-0.15, -0.1) is 0 Å². The monoisotopic (exact) mass is 359 g/mol. The largest absolute Gasteiger partial charge is 0.504 e. The van der Waals surface area contributed by atoms with E-state index in [1.165, 1.54) is 14.2 Å². The van der Waals surface area contributed by atoms with E-state index in [-0.39, 0.29) is 23.0 Å². The first-order chi connectivity index (χ1) is 12.6. The maximum Gasteiger partial charge on any atom is 0.207 e. The Hall–Kier alpha value is -2.76. The maximum atomic E-state index is 10.9. The van der Waals surface area contributed by atoms with Crippen LogP contribution in [0, 0.1) is 0 Å². The van der Waals surface area contributed by atoms with Crippen LogP contribution in [0.15, 0.2) is 18.2 Å². The van der Waals surface area contributed by atoms with Crippen molar-refractivity contribution in [3.8, 4) is 39.9 Å².